The average molecular weight is 122 g/mol. The smallest absolute Gasteiger partial charge is 0.178 e. The minimum Gasteiger partial charge on any atom is -0.302 e. The summed E-state index contributed by atoms with van der Waals surface area (Å²) < 4.78 is 0. The fraction of sp³-hybridized carbons (Fsp3) is 0.143. The molecule has 0 spiro atoms. The highest BCUT2D eigenvalue weighted by molar-refractivity contribution is 6.00. The van der Waals surface area contributed by atoms with E-state index in [-0.39, 0.29) is 11.7 Å². The van der Waals surface area contributed by atoms with Gasteiger partial charge in [-0.1, -0.05) is 12.2 Å². The van der Waals surface area contributed by atoms with E-state index in [1.54, 1.807) is 12.2 Å². The van der Waals surface area contributed by atoms with Crippen LogP contribution >= 0.6 is 0 Å². The van der Waals surface area contributed by atoms with E-state index in [9.17, 15) is 9.59 Å². The Labute approximate surface area is 52.9 Å². The van der Waals surface area contributed by atoms with Crippen molar-refractivity contribution in [1.82, 2.24) is 0 Å². The van der Waals surface area contributed by atoms with Crippen molar-refractivity contribution in [1.29, 1.82) is 0 Å². The van der Waals surface area contributed by atoms with Crippen molar-refractivity contribution in [2.24, 2.45) is 5.92 Å². The molecule has 0 aromatic rings. The van der Waals surface area contributed by atoms with Crippen LogP contribution in [0.1, 0.15) is 0 Å². The van der Waals surface area contributed by atoms with Gasteiger partial charge in [0.05, 0.1) is 5.92 Å². The SMILES string of the molecule is O=CC1C=CC(=O)C=C1. The molecule has 0 unspecified atom stereocenters. The summed E-state index contributed by atoms with van der Waals surface area (Å²) in [7, 11) is 0. The summed E-state index contributed by atoms with van der Waals surface area (Å²) in [6, 6.07) is 0. The minimum absolute atomic E-state index is 0.0481. The number of allylic oxidation sites excluding steroid dienone is 4. The van der Waals surface area contributed by atoms with Gasteiger partial charge in [-0.2, -0.15) is 0 Å². The second kappa shape index (κ2) is 2.40. The lowest BCUT2D eigenvalue weighted by molar-refractivity contribution is -0.110. The Bertz CT molecular complexity index is 173. The first-order chi connectivity index (χ1) is 4.33. The monoisotopic (exact) mass is 122 g/mol. The molecule has 2 nitrogen and oxygen atoms in total. The Morgan fingerprint density at radius 3 is 2.33 bits per heavy atom. The van der Waals surface area contributed by atoms with Crippen LogP contribution in [0.2, 0.25) is 0 Å². The van der Waals surface area contributed by atoms with Gasteiger partial charge < -0.3 is 4.79 Å². The summed E-state index contributed by atoms with van der Waals surface area (Å²) in [6.07, 6.45) is 6.75. The van der Waals surface area contributed by atoms with Gasteiger partial charge in [-0.3, -0.25) is 4.79 Å². The summed E-state index contributed by atoms with van der Waals surface area (Å²) in [4.78, 5) is 20.5. The van der Waals surface area contributed by atoms with Crippen LogP contribution in [0, 0.1) is 5.92 Å². The first kappa shape index (κ1) is 5.95. The standard InChI is InChI=1S/C7H6O2/c8-5-6-1-3-7(9)4-2-6/h1-6H. The molecule has 0 bridgehead atoms. The number of ketones is 1. The molecule has 46 valence electrons. The lowest BCUT2D eigenvalue weighted by Crippen LogP contribution is -2.00. The van der Waals surface area contributed by atoms with Gasteiger partial charge >= 0.3 is 0 Å². The van der Waals surface area contributed by atoms with Crippen molar-refractivity contribution >= 4 is 12.1 Å². The molecular weight excluding hydrogens is 116 g/mol. The van der Waals surface area contributed by atoms with Crippen molar-refractivity contribution in [3.63, 3.8) is 0 Å². The quantitative estimate of drug-likeness (QED) is 0.474. The van der Waals surface area contributed by atoms with Crippen molar-refractivity contribution < 1.29 is 9.59 Å². The Morgan fingerprint density at radius 1 is 1.33 bits per heavy atom. The predicted molar refractivity (Wildman–Crippen MR) is 32.8 cm³/mol. The van der Waals surface area contributed by atoms with Crippen LogP contribution < -0.4 is 0 Å². The highest BCUT2D eigenvalue weighted by atomic mass is 16.1. The summed E-state index contributed by atoms with van der Waals surface area (Å²) in [5, 5.41) is 0. The third-order valence-corrected chi connectivity index (χ3v) is 1.12. The van der Waals surface area contributed by atoms with Gasteiger partial charge in [-0.25, -0.2) is 0 Å². The Morgan fingerprint density at radius 2 is 1.89 bits per heavy atom. The Kier molecular flexibility index (Phi) is 1.58. The molecule has 9 heavy (non-hydrogen) atoms. The molecule has 0 aromatic heterocycles. The largest absolute Gasteiger partial charge is 0.302 e. The van der Waals surface area contributed by atoms with Crippen molar-refractivity contribution in [3.05, 3.63) is 24.3 Å². The van der Waals surface area contributed by atoms with E-state index in [1.165, 1.54) is 12.2 Å². The van der Waals surface area contributed by atoms with Crippen LogP contribution in [0.5, 0.6) is 0 Å². The molecule has 0 radical (unpaired) electrons. The van der Waals surface area contributed by atoms with E-state index in [2.05, 4.69) is 0 Å². The third kappa shape index (κ3) is 1.35. The summed E-state index contributed by atoms with van der Waals surface area (Å²) in [5.74, 6) is -0.240. The molecule has 0 saturated heterocycles. The van der Waals surface area contributed by atoms with Gasteiger partial charge in [0.25, 0.3) is 0 Å². The second-order valence-electron chi connectivity index (χ2n) is 1.83. The van der Waals surface area contributed by atoms with Crippen LogP contribution in [0.15, 0.2) is 24.3 Å². The second-order valence-corrected chi connectivity index (χ2v) is 1.83. The zero-order valence-electron chi connectivity index (χ0n) is 4.78. The molecule has 0 atom stereocenters. The normalized spacial score (nSPS) is 18.4. The molecular formula is C7H6O2. The maximum atomic E-state index is 10.4. The molecule has 0 amide bonds. The number of carbonyl (C=O) groups excluding carboxylic acids is 2. The van der Waals surface area contributed by atoms with E-state index < -0.39 is 0 Å². The number of hydrogen-bond donors (Lipinski definition) is 0. The first-order valence-corrected chi connectivity index (χ1v) is 2.68. The zero-order chi connectivity index (χ0) is 6.69. The lowest BCUT2D eigenvalue weighted by atomic mass is 10.1. The van der Waals surface area contributed by atoms with Crippen LogP contribution in [0.25, 0.3) is 0 Å². The van der Waals surface area contributed by atoms with Gasteiger partial charge in [0.15, 0.2) is 5.78 Å². The molecule has 0 fully saturated rings. The molecule has 2 heteroatoms. The molecule has 1 aliphatic rings. The Balaban J connectivity index is 2.68. The van der Waals surface area contributed by atoms with E-state index in [0.717, 1.165) is 6.29 Å². The van der Waals surface area contributed by atoms with Crippen LogP contribution in [0.4, 0.5) is 0 Å². The molecule has 0 aliphatic heterocycles. The lowest BCUT2D eigenvalue weighted by Gasteiger charge is -1.98. The van der Waals surface area contributed by atoms with Crippen LogP contribution in [0.3, 0.4) is 0 Å². The van der Waals surface area contributed by atoms with Crippen LogP contribution in [-0.2, 0) is 9.59 Å². The maximum absolute atomic E-state index is 10.4. The highest BCUT2D eigenvalue weighted by Gasteiger charge is 2.02. The summed E-state index contributed by atoms with van der Waals surface area (Å²) in [5.41, 5.74) is 0. The fourth-order valence-electron chi connectivity index (χ4n) is 0.622. The van der Waals surface area contributed by atoms with Crippen LogP contribution in [-0.4, -0.2) is 12.1 Å². The average Bonchev–Trinajstić information content (AvgIpc) is 1.90. The summed E-state index contributed by atoms with van der Waals surface area (Å²) in [6.45, 7) is 0. The molecule has 0 N–H and O–H groups in total. The van der Waals surface area contributed by atoms with Crippen molar-refractivity contribution in [3.8, 4) is 0 Å². The minimum atomic E-state index is -0.192. The van der Waals surface area contributed by atoms with Gasteiger partial charge in [-0.05, 0) is 12.2 Å². The van der Waals surface area contributed by atoms with Crippen molar-refractivity contribution in [2.45, 2.75) is 0 Å². The van der Waals surface area contributed by atoms with E-state index in [4.69, 9.17) is 0 Å². The van der Waals surface area contributed by atoms with Gasteiger partial charge in [-0.15, -0.1) is 0 Å². The molecule has 0 heterocycles. The highest BCUT2D eigenvalue weighted by Crippen LogP contribution is 2.02. The van der Waals surface area contributed by atoms with Gasteiger partial charge in [0.2, 0.25) is 0 Å². The molecule has 1 aliphatic carbocycles. The van der Waals surface area contributed by atoms with Gasteiger partial charge in [0, 0.05) is 0 Å². The molecule has 0 saturated carbocycles. The van der Waals surface area contributed by atoms with Gasteiger partial charge in [0.1, 0.15) is 6.29 Å². The maximum Gasteiger partial charge on any atom is 0.178 e. The zero-order valence-corrected chi connectivity index (χ0v) is 4.78. The molecule has 0 aromatic carbocycles. The number of aldehydes is 1. The number of rotatable bonds is 1. The number of hydrogen-bond acceptors (Lipinski definition) is 2. The number of carbonyl (C=O) groups is 2. The summed E-state index contributed by atoms with van der Waals surface area (Å²) >= 11 is 0. The fourth-order valence-corrected chi connectivity index (χ4v) is 0.622. The Hall–Kier alpha value is -1.18. The van der Waals surface area contributed by atoms with Crippen molar-refractivity contribution in [2.75, 3.05) is 0 Å². The van der Waals surface area contributed by atoms with E-state index in [1.807, 2.05) is 0 Å². The van der Waals surface area contributed by atoms with E-state index in [0.29, 0.717) is 0 Å². The predicted octanol–water partition coefficient (Wildman–Crippen LogP) is 0.497. The first-order valence-electron chi connectivity index (χ1n) is 2.68. The topological polar surface area (TPSA) is 34.1 Å². The van der Waals surface area contributed by atoms with E-state index >= 15 is 0 Å². The third-order valence-electron chi connectivity index (χ3n) is 1.12. The molecule has 1 rings (SSSR count).